The van der Waals surface area contributed by atoms with Crippen molar-refractivity contribution in [2.75, 3.05) is 21.3 Å². The molecule has 0 amide bonds. The number of nitrogens with zero attached hydrogens (tertiary/aromatic N) is 1. The quantitative estimate of drug-likeness (QED) is 0.215. The Kier molecular flexibility index (Phi) is 9.37. The summed E-state index contributed by atoms with van der Waals surface area (Å²) in [5.74, 6) is 2.21. The van der Waals surface area contributed by atoms with Gasteiger partial charge >= 0.3 is 0 Å². The number of methoxy groups -OCH3 is 3. The van der Waals surface area contributed by atoms with Crippen LogP contribution in [0.3, 0.4) is 0 Å². The van der Waals surface area contributed by atoms with Crippen LogP contribution >= 0.6 is 0 Å². The molecule has 0 aliphatic heterocycles. The van der Waals surface area contributed by atoms with E-state index >= 15 is 0 Å². The summed E-state index contributed by atoms with van der Waals surface area (Å²) >= 11 is 0. The zero-order valence-electron chi connectivity index (χ0n) is 22.4. The molecule has 0 saturated carbocycles. The van der Waals surface area contributed by atoms with Gasteiger partial charge in [-0.2, -0.15) is 0 Å². The summed E-state index contributed by atoms with van der Waals surface area (Å²) in [6.07, 6.45) is 0. The molecule has 0 aliphatic carbocycles. The van der Waals surface area contributed by atoms with Crippen LogP contribution in [0.5, 0.6) is 11.7 Å². The number of ether oxygens (including phenoxy) is 4. The molecular weight excluding hydrogens is 444 g/mol. The Bertz CT molecular complexity index is 1130. The van der Waals surface area contributed by atoms with E-state index in [0.29, 0.717) is 41.3 Å². The second-order valence-electron chi connectivity index (χ2n) is 9.35. The summed E-state index contributed by atoms with van der Waals surface area (Å²) in [6, 6.07) is 7.68. The van der Waals surface area contributed by atoms with Gasteiger partial charge in [-0.15, -0.1) is 0 Å². The van der Waals surface area contributed by atoms with Crippen molar-refractivity contribution in [3.63, 3.8) is 0 Å². The summed E-state index contributed by atoms with van der Waals surface area (Å²) in [4.78, 5) is 4.40. The maximum atomic E-state index is 6.13. The molecular formula is C28H38N2O5. The van der Waals surface area contributed by atoms with Crippen LogP contribution in [0.25, 0.3) is 5.70 Å². The highest BCUT2D eigenvalue weighted by molar-refractivity contribution is 5.80. The molecule has 7 heteroatoms. The van der Waals surface area contributed by atoms with E-state index in [0.717, 1.165) is 28.2 Å². The van der Waals surface area contributed by atoms with E-state index in [9.17, 15) is 0 Å². The number of aliphatic imine (C=N–C) groups is 1. The van der Waals surface area contributed by atoms with E-state index in [1.54, 1.807) is 19.2 Å². The summed E-state index contributed by atoms with van der Waals surface area (Å²) in [5, 5.41) is 3.14. The van der Waals surface area contributed by atoms with Crippen LogP contribution in [0, 0.1) is 6.92 Å². The lowest BCUT2D eigenvalue weighted by Crippen LogP contribution is -2.16. The Hall–Kier alpha value is -3.45. The monoisotopic (exact) mass is 482 g/mol. The molecule has 0 bridgehead atoms. The number of aryl methyl sites for hydroxylation is 1. The van der Waals surface area contributed by atoms with E-state index in [-0.39, 0.29) is 5.41 Å². The molecule has 1 aromatic heterocycles. The number of benzene rings is 1. The summed E-state index contributed by atoms with van der Waals surface area (Å²) in [7, 11) is 4.75. The zero-order chi connectivity index (χ0) is 26.3. The normalized spacial score (nSPS) is 11.9. The molecule has 1 aromatic carbocycles. The lowest BCUT2D eigenvalue weighted by Gasteiger charge is -2.24. The Balaban J connectivity index is 2.34. The predicted octanol–water partition coefficient (Wildman–Crippen LogP) is 6.84. The fourth-order valence-electron chi connectivity index (χ4n) is 3.44. The SMILES string of the molecule is C=C(OC)/C(NC(=C)c1ccc(Oc2cc(C(C)(C)C)c(COC)cc2C)o1)=C(\N=C(C)C)OC. The zero-order valence-corrected chi connectivity index (χ0v) is 22.4. The van der Waals surface area contributed by atoms with Gasteiger partial charge in [-0.05, 0) is 61.1 Å². The Morgan fingerprint density at radius 3 is 2.29 bits per heavy atom. The molecule has 1 heterocycles. The molecule has 0 radical (unpaired) electrons. The van der Waals surface area contributed by atoms with Gasteiger partial charge in [0, 0.05) is 18.9 Å². The summed E-state index contributed by atoms with van der Waals surface area (Å²) < 4.78 is 28.2. The largest absolute Gasteiger partial charge is 0.495 e. The lowest BCUT2D eigenvalue weighted by molar-refractivity contribution is 0.183. The molecule has 1 N–H and O–H groups in total. The molecule has 0 atom stereocenters. The number of rotatable bonds is 11. The van der Waals surface area contributed by atoms with Gasteiger partial charge in [0.15, 0.2) is 5.76 Å². The maximum Gasteiger partial charge on any atom is 0.290 e. The van der Waals surface area contributed by atoms with Gasteiger partial charge in [0.2, 0.25) is 5.88 Å². The lowest BCUT2D eigenvalue weighted by atomic mass is 9.83. The highest BCUT2D eigenvalue weighted by atomic mass is 16.6. The smallest absolute Gasteiger partial charge is 0.290 e. The van der Waals surface area contributed by atoms with Gasteiger partial charge in [0.25, 0.3) is 5.95 Å². The topological polar surface area (TPSA) is 74.5 Å². The summed E-state index contributed by atoms with van der Waals surface area (Å²) in [5.41, 5.74) is 4.93. The van der Waals surface area contributed by atoms with Crippen molar-refractivity contribution in [2.24, 2.45) is 4.99 Å². The first kappa shape index (κ1) is 27.8. The van der Waals surface area contributed by atoms with E-state index < -0.39 is 0 Å². The molecule has 7 nitrogen and oxygen atoms in total. The van der Waals surface area contributed by atoms with Crippen molar-refractivity contribution in [1.29, 1.82) is 0 Å². The Morgan fingerprint density at radius 2 is 1.74 bits per heavy atom. The number of furan rings is 1. The van der Waals surface area contributed by atoms with Crippen molar-refractivity contribution in [1.82, 2.24) is 5.32 Å². The average molecular weight is 483 g/mol. The third-order valence-corrected chi connectivity index (χ3v) is 5.13. The number of hydrogen-bond acceptors (Lipinski definition) is 7. The molecule has 190 valence electrons. The number of nitrogens with one attached hydrogen (secondary N) is 1. The van der Waals surface area contributed by atoms with Crippen LogP contribution in [-0.2, 0) is 26.2 Å². The molecule has 0 spiro atoms. The van der Waals surface area contributed by atoms with E-state index in [4.69, 9.17) is 23.4 Å². The molecule has 2 aromatic rings. The van der Waals surface area contributed by atoms with Crippen LogP contribution in [0.1, 0.15) is 57.1 Å². The fourth-order valence-corrected chi connectivity index (χ4v) is 3.44. The van der Waals surface area contributed by atoms with Gasteiger partial charge < -0.3 is 28.7 Å². The molecule has 35 heavy (non-hydrogen) atoms. The van der Waals surface area contributed by atoms with Crippen LogP contribution < -0.4 is 10.1 Å². The van der Waals surface area contributed by atoms with Gasteiger partial charge in [0.05, 0.1) is 26.5 Å². The first-order valence-corrected chi connectivity index (χ1v) is 11.3. The average Bonchev–Trinajstić information content (AvgIpc) is 3.25. The highest BCUT2D eigenvalue weighted by Crippen LogP contribution is 2.35. The van der Waals surface area contributed by atoms with Crippen molar-refractivity contribution < 1.29 is 23.4 Å². The Morgan fingerprint density at radius 1 is 1.06 bits per heavy atom. The van der Waals surface area contributed by atoms with Gasteiger partial charge in [-0.1, -0.05) is 33.9 Å². The molecule has 2 rings (SSSR count). The highest BCUT2D eigenvalue weighted by Gasteiger charge is 2.21. The third kappa shape index (κ3) is 7.26. The van der Waals surface area contributed by atoms with E-state index in [1.807, 2.05) is 20.8 Å². The van der Waals surface area contributed by atoms with Crippen LogP contribution in [-0.4, -0.2) is 27.0 Å². The fraction of sp³-hybridized carbons (Fsp3) is 0.393. The second kappa shape index (κ2) is 11.8. The first-order chi connectivity index (χ1) is 16.4. The predicted molar refractivity (Wildman–Crippen MR) is 141 cm³/mol. The minimum Gasteiger partial charge on any atom is -0.495 e. The molecule has 0 fully saturated rings. The summed E-state index contributed by atoms with van der Waals surface area (Å²) in [6.45, 7) is 20.8. The van der Waals surface area contributed by atoms with Gasteiger partial charge in [0.1, 0.15) is 17.2 Å². The van der Waals surface area contributed by atoms with Crippen LogP contribution in [0.15, 0.2) is 64.2 Å². The molecule has 0 aliphatic rings. The van der Waals surface area contributed by atoms with Crippen molar-refractivity contribution in [3.8, 4) is 11.7 Å². The first-order valence-electron chi connectivity index (χ1n) is 11.3. The van der Waals surface area contributed by atoms with Crippen LogP contribution in [0.4, 0.5) is 0 Å². The van der Waals surface area contributed by atoms with Gasteiger partial charge in [-0.3, -0.25) is 0 Å². The molecule has 0 unspecified atom stereocenters. The second-order valence-corrected chi connectivity index (χ2v) is 9.35. The standard InChI is InChI=1S/C28H38N2O5/c1-17(2)29-27(33-11)26(20(5)32-10)30-19(4)23-12-13-25(34-23)35-24-15-22(28(6,7)8)21(16-31-9)14-18(24)3/h12-15,30H,4-5,16H2,1-3,6-11H3/b27-26-. The maximum absolute atomic E-state index is 6.13. The minimum atomic E-state index is -0.0724. The van der Waals surface area contributed by atoms with E-state index in [2.05, 4.69) is 56.4 Å². The number of hydrogen-bond donors (Lipinski definition) is 1. The van der Waals surface area contributed by atoms with E-state index in [1.165, 1.54) is 14.2 Å². The third-order valence-electron chi connectivity index (χ3n) is 5.13. The van der Waals surface area contributed by atoms with Crippen LogP contribution in [0.2, 0.25) is 0 Å². The minimum absolute atomic E-state index is 0.0724. The van der Waals surface area contributed by atoms with Gasteiger partial charge in [-0.25, -0.2) is 4.99 Å². The Labute approximate surface area is 209 Å². The van der Waals surface area contributed by atoms with Crippen molar-refractivity contribution in [3.05, 3.63) is 77.2 Å². The molecule has 0 saturated heterocycles. The van der Waals surface area contributed by atoms with Crippen molar-refractivity contribution >= 4 is 11.4 Å². The van der Waals surface area contributed by atoms with Crippen molar-refractivity contribution in [2.45, 2.75) is 53.6 Å².